The number of pyridine rings is 1. The van der Waals surface area contributed by atoms with Crippen molar-refractivity contribution in [1.82, 2.24) is 4.98 Å². The van der Waals surface area contributed by atoms with E-state index in [2.05, 4.69) is 4.98 Å². The van der Waals surface area contributed by atoms with E-state index in [1.807, 2.05) is 50.2 Å². The van der Waals surface area contributed by atoms with E-state index in [0.717, 1.165) is 16.9 Å². The van der Waals surface area contributed by atoms with Gasteiger partial charge in [-0.1, -0.05) is 12.1 Å². The summed E-state index contributed by atoms with van der Waals surface area (Å²) < 4.78 is 5.80. The predicted octanol–water partition coefficient (Wildman–Crippen LogP) is 2.86. The first-order valence-corrected chi connectivity index (χ1v) is 6.00. The van der Waals surface area contributed by atoms with Gasteiger partial charge in [0.05, 0.1) is 0 Å². The van der Waals surface area contributed by atoms with Crippen molar-refractivity contribution in [3.8, 4) is 16.9 Å². The Morgan fingerprint density at radius 3 is 2.11 bits per heavy atom. The van der Waals surface area contributed by atoms with E-state index in [1.54, 1.807) is 12.4 Å². The fourth-order valence-corrected chi connectivity index (χ4v) is 1.62. The minimum Gasteiger partial charge on any atom is -0.487 e. The average Bonchev–Trinajstić information content (AvgIpc) is 2.40. The predicted molar refractivity (Wildman–Crippen MR) is 73.4 cm³/mol. The van der Waals surface area contributed by atoms with Crippen molar-refractivity contribution in [1.29, 1.82) is 0 Å². The zero-order chi connectivity index (χ0) is 13.0. The van der Waals surface area contributed by atoms with Gasteiger partial charge in [-0.15, -0.1) is 0 Å². The molecule has 0 aliphatic carbocycles. The summed E-state index contributed by atoms with van der Waals surface area (Å²) in [7, 11) is 0. The van der Waals surface area contributed by atoms with Crippen LogP contribution < -0.4 is 10.5 Å². The third-order valence-corrected chi connectivity index (χ3v) is 2.75. The van der Waals surface area contributed by atoms with Crippen LogP contribution in [-0.4, -0.2) is 17.1 Å². The number of hydrogen-bond donors (Lipinski definition) is 1. The van der Waals surface area contributed by atoms with Gasteiger partial charge < -0.3 is 10.5 Å². The molecule has 0 bridgehead atoms. The van der Waals surface area contributed by atoms with Crippen LogP contribution in [0.5, 0.6) is 5.75 Å². The molecule has 0 spiro atoms. The molecule has 2 aromatic rings. The summed E-state index contributed by atoms with van der Waals surface area (Å²) in [6, 6.07) is 12.0. The summed E-state index contributed by atoms with van der Waals surface area (Å²) in [6.07, 6.45) is 3.58. The van der Waals surface area contributed by atoms with Gasteiger partial charge in [-0.3, -0.25) is 4.98 Å². The molecule has 1 heterocycles. The van der Waals surface area contributed by atoms with Crippen molar-refractivity contribution in [2.75, 3.05) is 6.54 Å². The van der Waals surface area contributed by atoms with Gasteiger partial charge in [0.25, 0.3) is 0 Å². The molecular weight excluding hydrogens is 224 g/mol. The van der Waals surface area contributed by atoms with Crippen molar-refractivity contribution >= 4 is 0 Å². The molecule has 94 valence electrons. The number of ether oxygens (including phenoxy) is 1. The highest BCUT2D eigenvalue weighted by atomic mass is 16.5. The van der Waals surface area contributed by atoms with Crippen LogP contribution in [0.25, 0.3) is 11.1 Å². The maximum atomic E-state index is 5.80. The molecule has 0 amide bonds. The molecule has 0 radical (unpaired) electrons. The van der Waals surface area contributed by atoms with Crippen LogP contribution in [0.2, 0.25) is 0 Å². The highest BCUT2D eigenvalue weighted by molar-refractivity contribution is 5.63. The Kier molecular flexibility index (Phi) is 3.63. The zero-order valence-electron chi connectivity index (χ0n) is 10.8. The normalized spacial score (nSPS) is 11.3. The van der Waals surface area contributed by atoms with Crippen LogP contribution in [0.1, 0.15) is 13.8 Å². The third kappa shape index (κ3) is 3.08. The molecule has 0 aliphatic heterocycles. The summed E-state index contributed by atoms with van der Waals surface area (Å²) in [6.45, 7) is 4.44. The van der Waals surface area contributed by atoms with E-state index >= 15 is 0 Å². The molecule has 3 heteroatoms. The first kappa shape index (κ1) is 12.6. The fraction of sp³-hybridized carbons (Fsp3) is 0.267. The van der Waals surface area contributed by atoms with Gasteiger partial charge in [0.2, 0.25) is 0 Å². The Balaban J connectivity index is 2.16. The number of nitrogens with zero attached hydrogens (tertiary/aromatic N) is 1. The molecule has 0 atom stereocenters. The van der Waals surface area contributed by atoms with Gasteiger partial charge in [-0.25, -0.2) is 0 Å². The lowest BCUT2D eigenvalue weighted by molar-refractivity contribution is 0.119. The van der Waals surface area contributed by atoms with E-state index in [9.17, 15) is 0 Å². The maximum absolute atomic E-state index is 5.80. The van der Waals surface area contributed by atoms with Crippen LogP contribution >= 0.6 is 0 Å². The minimum atomic E-state index is -0.335. The van der Waals surface area contributed by atoms with Crippen LogP contribution in [0.4, 0.5) is 0 Å². The lowest BCUT2D eigenvalue weighted by Gasteiger charge is -2.24. The Labute approximate surface area is 108 Å². The zero-order valence-corrected chi connectivity index (χ0v) is 10.8. The Hall–Kier alpha value is -1.87. The van der Waals surface area contributed by atoms with Crippen LogP contribution in [0, 0.1) is 0 Å². The van der Waals surface area contributed by atoms with Gasteiger partial charge in [0, 0.05) is 18.9 Å². The molecule has 0 saturated carbocycles. The van der Waals surface area contributed by atoms with E-state index < -0.39 is 0 Å². The summed E-state index contributed by atoms with van der Waals surface area (Å²) in [5, 5.41) is 0. The van der Waals surface area contributed by atoms with Gasteiger partial charge in [0.15, 0.2) is 0 Å². The second-order valence-corrected chi connectivity index (χ2v) is 4.83. The van der Waals surface area contributed by atoms with Gasteiger partial charge in [-0.2, -0.15) is 0 Å². The topological polar surface area (TPSA) is 48.1 Å². The minimum absolute atomic E-state index is 0.335. The maximum Gasteiger partial charge on any atom is 0.120 e. The molecule has 2 N–H and O–H groups in total. The molecule has 0 saturated heterocycles. The summed E-state index contributed by atoms with van der Waals surface area (Å²) in [4.78, 5) is 4.01. The second-order valence-electron chi connectivity index (χ2n) is 4.83. The molecule has 1 aromatic carbocycles. The van der Waals surface area contributed by atoms with Crippen molar-refractivity contribution in [3.63, 3.8) is 0 Å². The van der Waals surface area contributed by atoms with Crippen LogP contribution in [0.3, 0.4) is 0 Å². The number of hydrogen-bond acceptors (Lipinski definition) is 3. The lowest BCUT2D eigenvalue weighted by Crippen LogP contribution is -2.37. The standard InChI is InChI=1S/C15H18N2O/c1-15(2,11-16)18-14-5-3-12(4-6-14)13-7-9-17-10-8-13/h3-10H,11,16H2,1-2H3. The number of rotatable bonds is 4. The van der Waals surface area contributed by atoms with E-state index in [0.29, 0.717) is 6.54 Å². The number of benzene rings is 1. The van der Waals surface area contributed by atoms with E-state index in [-0.39, 0.29) is 5.60 Å². The molecular formula is C15H18N2O. The van der Waals surface area contributed by atoms with Crippen molar-refractivity contribution < 1.29 is 4.74 Å². The van der Waals surface area contributed by atoms with Gasteiger partial charge in [0.1, 0.15) is 11.4 Å². The third-order valence-electron chi connectivity index (χ3n) is 2.75. The molecule has 3 nitrogen and oxygen atoms in total. The van der Waals surface area contributed by atoms with Crippen molar-refractivity contribution in [3.05, 3.63) is 48.8 Å². The van der Waals surface area contributed by atoms with Crippen LogP contribution in [-0.2, 0) is 0 Å². The average molecular weight is 242 g/mol. The molecule has 0 unspecified atom stereocenters. The number of aromatic nitrogens is 1. The van der Waals surface area contributed by atoms with Gasteiger partial charge >= 0.3 is 0 Å². The first-order chi connectivity index (χ1) is 8.61. The van der Waals surface area contributed by atoms with E-state index in [4.69, 9.17) is 10.5 Å². The molecule has 1 aromatic heterocycles. The largest absolute Gasteiger partial charge is 0.487 e. The van der Waals surface area contributed by atoms with Gasteiger partial charge in [-0.05, 0) is 49.2 Å². The monoisotopic (exact) mass is 242 g/mol. The lowest BCUT2D eigenvalue weighted by atomic mass is 10.1. The van der Waals surface area contributed by atoms with Crippen molar-refractivity contribution in [2.24, 2.45) is 5.73 Å². The molecule has 2 rings (SSSR count). The highest BCUT2D eigenvalue weighted by Crippen LogP contribution is 2.23. The molecule has 18 heavy (non-hydrogen) atoms. The van der Waals surface area contributed by atoms with Crippen LogP contribution in [0.15, 0.2) is 48.8 Å². The molecule has 0 aliphatic rings. The second kappa shape index (κ2) is 5.19. The summed E-state index contributed by atoms with van der Waals surface area (Å²) in [5.41, 5.74) is 7.60. The Morgan fingerprint density at radius 1 is 1.00 bits per heavy atom. The fourth-order valence-electron chi connectivity index (χ4n) is 1.62. The highest BCUT2D eigenvalue weighted by Gasteiger charge is 2.16. The van der Waals surface area contributed by atoms with Crippen molar-refractivity contribution in [2.45, 2.75) is 19.4 Å². The smallest absolute Gasteiger partial charge is 0.120 e. The summed E-state index contributed by atoms with van der Waals surface area (Å²) >= 11 is 0. The SMILES string of the molecule is CC(C)(CN)Oc1ccc(-c2ccncc2)cc1. The van der Waals surface area contributed by atoms with E-state index in [1.165, 1.54) is 0 Å². The Morgan fingerprint density at radius 2 is 1.56 bits per heavy atom. The number of nitrogens with two attached hydrogens (primary N) is 1. The molecule has 0 fully saturated rings. The quantitative estimate of drug-likeness (QED) is 0.896. The summed E-state index contributed by atoms with van der Waals surface area (Å²) in [5.74, 6) is 0.836. The first-order valence-electron chi connectivity index (χ1n) is 6.00. The Bertz CT molecular complexity index is 492.